The Morgan fingerprint density at radius 2 is 2.05 bits per heavy atom. The molecular weight excluding hydrogens is 276 g/mol. The van der Waals surface area contributed by atoms with Crippen molar-refractivity contribution in [1.82, 2.24) is 10.2 Å². The highest BCUT2D eigenvalue weighted by molar-refractivity contribution is 7.11. The van der Waals surface area contributed by atoms with Gasteiger partial charge in [-0.1, -0.05) is 30.3 Å². The Kier molecular flexibility index (Phi) is 5.07. The van der Waals surface area contributed by atoms with E-state index in [0.29, 0.717) is 6.04 Å². The van der Waals surface area contributed by atoms with Crippen LogP contribution in [0, 0.1) is 6.92 Å². The highest BCUT2D eigenvalue weighted by atomic mass is 32.1. The van der Waals surface area contributed by atoms with Crippen LogP contribution in [-0.4, -0.2) is 30.6 Å². The maximum atomic E-state index is 3.71. The third-order valence-electron chi connectivity index (χ3n) is 4.19. The van der Waals surface area contributed by atoms with E-state index in [2.05, 4.69) is 59.6 Å². The molecule has 3 rings (SSSR count). The number of rotatable bonds is 6. The van der Waals surface area contributed by atoms with E-state index in [4.69, 9.17) is 0 Å². The molecule has 0 radical (unpaired) electrons. The molecule has 2 nitrogen and oxygen atoms in total. The van der Waals surface area contributed by atoms with Crippen LogP contribution in [0.4, 0.5) is 0 Å². The first-order valence-electron chi connectivity index (χ1n) is 7.84. The van der Waals surface area contributed by atoms with E-state index < -0.39 is 0 Å². The highest BCUT2D eigenvalue weighted by Crippen LogP contribution is 2.16. The van der Waals surface area contributed by atoms with Crippen molar-refractivity contribution in [3.63, 3.8) is 0 Å². The molecule has 0 unspecified atom stereocenters. The number of aryl methyl sites for hydroxylation is 1. The van der Waals surface area contributed by atoms with E-state index in [1.54, 1.807) is 0 Å². The van der Waals surface area contributed by atoms with Crippen LogP contribution in [0.2, 0.25) is 0 Å². The summed E-state index contributed by atoms with van der Waals surface area (Å²) in [6.45, 7) is 6.80. The molecule has 1 atom stereocenters. The second-order valence-corrected chi connectivity index (χ2v) is 7.29. The molecule has 0 spiro atoms. The van der Waals surface area contributed by atoms with Gasteiger partial charge in [0.1, 0.15) is 0 Å². The second kappa shape index (κ2) is 7.21. The standard InChI is InChI=1S/C18H24N2S/c1-15-7-8-18(21-15)13-19-17-10-12-20(14-17)11-9-16-5-3-2-4-6-16/h2-8,17,19H,9-14H2,1H3/t17-/m0/s1. The zero-order chi connectivity index (χ0) is 14.5. The summed E-state index contributed by atoms with van der Waals surface area (Å²) in [5, 5.41) is 3.71. The lowest BCUT2D eigenvalue weighted by Gasteiger charge is -2.16. The molecule has 0 aliphatic carbocycles. The van der Waals surface area contributed by atoms with Crippen molar-refractivity contribution in [2.24, 2.45) is 0 Å². The molecule has 1 aromatic heterocycles. The predicted molar refractivity (Wildman–Crippen MR) is 90.9 cm³/mol. The largest absolute Gasteiger partial charge is 0.308 e. The first-order chi connectivity index (χ1) is 10.3. The average molecular weight is 300 g/mol. The summed E-state index contributed by atoms with van der Waals surface area (Å²) in [4.78, 5) is 5.45. The smallest absolute Gasteiger partial charge is 0.0302 e. The molecule has 1 N–H and O–H groups in total. The van der Waals surface area contributed by atoms with Gasteiger partial charge in [-0.2, -0.15) is 0 Å². The SMILES string of the molecule is Cc1ccc(CN[C@H]2CCN(CCc3ccccc3)C2)s1. The fraction of sp³-hybridized carbons (Fsp3) is 0.444. The normalized spacial score (nSPS) is 19.2. The Morgan fingerprint density at radius 3 is 2.81 bits per heavy atom. The topological polar surface area (TPSA) is 15.3 Å². The van der Waals surface area contributed by atoms with Gasteiger partial charge in [-0.25, -0.2) is 0 Å². The number of nitrogens with zero attached hydrogens (tertiary/aromatic N) is 1. The van der Waals surface area contributed by atoms with E-state index in [1.807, 2.05) is 11.3 Å². The Labute approximate surface area is 131 Å². The highest BCUT2D eigenvalue weighted by Gasteiger charge is 2.21. The third kappa shape index (κ3) is 4.40. The Bertz CT molecular complexity index is 549. The molecule has 3 heteroatoms. The molecule has 2 aromatic rings. The number of hydrogen-bond donors (Lipinski definition) is 1. The maximum absolute atomic E-state index is 3.71. The van der Waals surface area contributed by atoms with Crippen LogP contribution in [0.1, 0.15) is 21.7 Å². The fourth-order valence-corrected chi connectivity index (χ4v) is 3.80. The van der Waals surface area contributed by atoms with Gasteiger partial charge in [0, 0.05) is 35.4 Å². The van der Waals surface area contributed by atoms with E-state index in [-0.39, 0.29) is 0 Å². The number of thiophene rings is 1. The zero-order valence-corrected chi connectivity index (χ0v) is 13.5. The summed E-state index contributed by atoms with van der Waals surface area (Å²) in [6.07, 6.45) is 2.44. The Hall–Kier alpha value is -1.16. The molecule has 21 heavy (non-hydrogen) atoms. The number of nitrogens with one attached hydrogen (secondary N) is 1. The number of likely N-dealkylation sites (tertiary alicyclic amines) is 1. The monoisotopic (exact) mass is 300 g/mol. The lowest BCUT2D eigenvalue weighted by Crippen LogP contribution is -2.32. The zero-order valence-electron chi connectivity index (χ0n) is 12.7. The molecule has 1 aliphatic heterocycles. The van der Waals surface area contributed by atoms with Crippen molar-refractivity contribution in [3.05, 3.63) is 57.8 Å². The number of benzene rings is 1. The predicted octanol–water partition coefficient (Wildman–Crippen LogP) is 3.46. The molecule has 1 aliphatic rings. The van der Waals surface area contributed by atoms with Crippen LogP contribution < -0.4 is 5.32 Å². The van der Waals surface area contributed by atoms with Crippen molar-refractivity contribution >= 4 is 11.3 Å². The van der Waals surface area contributed by atoms with Crippen LogP contribution in [0.15, 0.2) is 42.5 Å². The minimum absolute atomic E-state index is 0.656. The van der Waals surface area contributed by atoms with Crippen LogP contribution in [0.3, 0.4) is 0 Å². The summed E-state index contributed by atoms with van der Waals surface area (Å²) in [6, 6.07) is 15.9. The van der Waals surface area contributed by atoms with Crippen LogP contribution in [0.25, 0.3) is 0 Å². The maximum Gasteiger partial charge on any atom is 0.0302 e. The summed E-state index contributed by atoms with van der Waals surface area (Å²) in [5.74, 6) is 0. The van der Waals surface area contributed by atoms with E-state index >= 15 is 0 Å². The minimum Gasteiger partial charge on any atom is -0.308 e. The Balaban J connectivity index is 1.39. The second-order valence-electron chi connectivity index (χ2n) is 5.92. The van der Waals surface area contributed by atoms with Gasteiger partial charge in [0.25, 0.3) is 0 Å². The van der Waals surface area contributed by atoms with Gasteiger partial charge < -0.3 is 10.2 Å². The van der Waals surface area contributed by atoms with Crippen molar-refractivity contribution in [2.45, 2.75) is 32.4 Å². The van der Waals surface area contributed by atoms with E-state index in [1.165, 1.54) is 41.4 Å². The Morgan fingerprint density at radius 1 is 1.19 bits per heavy atom. The van der Waals surface area contributed by atoms with Crippen LogP contribution in [0.5, 0.6) is 0 Å². The van der Waals surface area contributed by atoms with Crippen LogP contribution in [-0.2, 0) is 13.0 Å². The third-order valence-corrected chi connectivity index (χ3v) is 5.19. The molecule has 1 fully saturated rings. The molecule has 1 saturated heterocycles. The first kappa shape index (κ1) is 14.8. The van der Waals surface area contributed by atoms with Crippen molar-refractivity contribution in [3.8, 4) is 0 Å². The van der Waals surface area contributed by atoms with E-state index in [0.717, 1.165) is 13.0 Å². The average Bonchev–Trinajstić information content (AvgIpc) is 3.13. The van der Waals surface area contributed by atoms with Crippen molar-refractivity contribution < 1.29 is 0 Å². The number of hydrogen-bond acceptors (Lipinski definition) is 3. The fourth-order valence-electron chi connectivity index (χ4n) is 2.96. The van der Waals surface area contributed by atoms with Gasteiger partial charge in [-0.05, 0) is 44.0 Å². The molecule has 2 heterocycles. The summed E-state index contributed by atoms with van der Waals surface area (Å²) < 4.78 is 0. The van der Waals surface area contributed by atoms with Gasteiger partial charge in [0.05, 0.1) is 0 Å². The molecule has 1 aromatic carbocycles. The van der Waals surface area contributed by atoms with Gasteiger partial charge in [0.15, 0.2) is 0 Å². The van der Waals surface area contributed by atoms with Crippen molar-refractivity contribution in [2.75, 3.05) is 19.6 Å². The summed E-state index contributed by atoms with van der Waals surface area (Å²) in [5.41, 5.74) is 1.45. The molecule has 0 bridgehead atoms. The van der Waals surface area contributed by atoms with Crippen molar-refractivity contribution in [1.29, 1.82) is 0 Å². The lowest BCUT2D eigenvalue weighted by atomic mass is 10.1. The van der Waals surface area contributed by atoms with Gasteiger partial charge in [-0.15, -0.1) is 11.3 Å². The molecule has 0 amide bonds. The van der Waals surface area contributed by atoms with Crippen LogP contribution >= 0.6 is 11.3 Å². The van der Waals surface area contributed by atoms with Gasteiger partial charge in [-0.3, -0.25) is 0 Å². The summed E-state index contributed by atoms with van der Waals surface area (Å²) in [7, 11) is 0. The van der Waals surface area contributed by atoms with E-state index in [9.17, 15) is 0 Å². The summed E-state index contributed by atoms with van der Waals surface area (Å²) >= 11 is 1.90. The molecule has 0 saturated carbocycles. The lowest BCUT2D eigenvalue weighted by molar-refractivity contribution is 0.331. The minimum atomic E-state index is 0.656. The van der Waals surface area contributed by atoms with Gasteiger partial charge >= 0.3 is 0 Å². The first-order valence-corrected chi connectivity index (χ1v) is 8.66. The molecular formula is C18H24N2S. The quantitative estimate of drug-likeness (QED) is 0.879. The van der Waals surface area contributed by atoms with Gasteiger partial charge in [0.2, 0.25) is 0 Å². The molecule has 112 valence electrons.